The van der Waals surface area contributed by atoms with E-state index < -0.39 is 0 Å². The number of allylic oxidation sites excluding steroid dienone is 1. The van der Waals surface area contributed by atoms with Crippen LogP contribution in [0.2, 0.25) is 10.0 Å². The first-order valence-electron chi connectivity index (χ1n) is 49.0. The van der Waals surface area contributed by atoms with E-state index in [0.29, 0.717) is 70.8 Å². The number of hydrogen-bond acceptors (Lipinski definition) is 3. The van der Waals surface area contributed by atoms with Crippen molar-refractivity contribution in [2.75, 3.05) is 21.3 Å². The molecule has 13 aromatic carbocycles. The summed E-state index contributed by atoms with van der Waals surface area (Å²) in [6.07, 6.45) is 5.57. The van der Waals surface area contributed by atoms with E-state index in [1.165, 1.54) is 108 Å². The SMILES string of the molecule is C.C.C.C.C.C.C.C.C.C.C.CC(C)c1ccc2c(c1)C=CC2.CC(C)c1cccc(Cl)c1.CC(C)c1ccccc1.CC(C)c1ccccc1Cl.CC(C)c1ccccc1F.COc1ccc(C(C)C)cc1.COc1ccc(C(C)C)cc1F.COc1ccccc1C(C)C.Cc1ccc(C(C)C)cc1.Cc1ccc(C(C)C)cc1.Cc1cccc(C(C)C)c1.Cc1cccc(C(C)C)c1F.Cc1ccccc1C(C)C. The molecule has 0 aliphatic heterocycles. The lowest BCUT2D eigenvalue weighted by Gasteiger charge is -2.10. The first-order chi connectivity index (χ1) is 64.3. The number of benzene rings is 13. The fourth-order valence-corrected chi connectivity index (χ4v) is 14.2. The summed E-state index contributed by atoms with van der Waals surface area (Å²) in [5.74, 6) is 8.82. The van der Waals surface area contributed by atoms with Gasteiger partial charge in [-0.2, -0.15) is 0 Å². The average Bonchev–Trinajstić information content (AvgIpc) is 1.42. The highest BCUT2D eigenvalue weighted by Gasteiger charge is 2.12. The van der Waals surface area contributed by atoms with Gasteiger partial charge in [0.1, 0.15) is 23.1 Å². The van der Waals surface area contributed by atoms with Crippen LogP contribution < -0.4 is 14.2 Å². The zero-order chi connectivity index (χ0) is 102. The van der Waals surface area contributed by atoms with E-state index in [9.17, 15) is 13.2 Å². The molecule has 0 atom stereocenters. The number of halogens is 5. The van der Waals surface area contributed by atoms with Crippen molar-refractivity contribution in [3.05, 3.63) is 448 Å². The molecule has 14 rings (SSSR count). The Morgan fingerprint density at radius 3 is 0.898 bits per heavy atom. The van der Waals surface area contributed by atoms with Crippen LogP contribution in [0, 0.1) is 52.1 Å². The normalized spacial score (nSPS) is 9.88. The summed E-state index contributed by atoms with van der Waals surface area (Å²) in [6.45, 7) is 66.2. The molecule has 1 aliphatic rings. The summed E-state index contributed by atoms with van der Waals surface area (Å²) < 4.78 is 54.2. The van der Waals surface area contributed by atoms with Crippen LogP contribution in [0.1, 0.15) is 450 Å². The quantitative estimate of drug-likeness (QED) is 0.0965. The number of fused-ring (bicyclic) bond motifs is 1. The monoisotopic (exact) mass is 2060 g/mol. The van der Waals surface area contributed by atoms with E-state index in [1.807, 2.05) is 145 Å². The third-order valence-electron chi connectivity index (χ3n) is 22.7. The number of methoxy groups -OCH3 is 3. The zero-order valence-electron chi connectivity index (χ0n) is 89.3. The van der Waals surface area contributed by atoms with Crippen molar-refractivity contribution in [1.82, 2.24) is 0 Å². The Labute approximate surface area is 916 Å². The van der Waals surface area contributed by atoms with Gasteiger partial charge in [-0.1, -0.05) is 562 Å². The second-order valence-electron chi connectivity index (χ2n) is 38.6. The van der Waals surface area contributed by atoms with Crippen molar-refractivity contribution in [2.45, 2.75) is 380 Å². The second-order valence-corrected chi connectivity index (χ2v) is 39.4. The maximum absolute atomic E-state index is 13.3. The van der Waals surface area contributed by atoms with Gasteiger partial charge in [-0.25, -0.2) is 13.2 Å². The van der Waals surface area contributed by atoms with Crippen LogP contribution in [0.4, 0.5) is 13.2 Å². The molecule has 822 valence electrons. The van der Waals surface area contributed by atoms with Gasteiger partial charge in [0.25, 0.3) is 0 Å². The zero-order valence-corrected chi connectivity index (χ0v) is 90.9. The van der Waals surface area contributed by atoms with E-state index in [-0.39, 0.29) is 111 Å². The van der Waals surface area contributed by atoms with E-state index >= 15 is 0 Å². The first kappa shape index (κ1) is 156. The van der Waals surface area contributed by atoms with Gasteiger partial charge >= 0.3 is 0 Å². The lowest BCUT2D eigenvalue weighted by atomic mass is 9.99. The molecule has 0 bridgehead atoms. The van der Waals surface area contributed by atoms with Crippen LogP contribution in [-0.4, -0.2) is 21.3 Å². The van der Waals surface area contributed by atoms with E-state index in [2.05, 4.69) is 348 Å². The van der Waals surface area contributed by atoms with Crippen LogP contribution in [0.15, 0.2) is 309 Å². The highest BCUT2D eigenvalue weighted by atomic mass is 35.5. The Morgan fingerprint density at radius 1 is 0.231 bits per heavy atom. The summed E-state index contributed by atoms with van der Waals surface area (Å²) >= 11 is 11.7. The van der Waals surface area contributed by atoms with E-state index in [4.69, 9.17) is 37.4 Å². The summed E-state index contributed by atoms with van der Waals surface area (Å²) in [5.41, 5.74) is 25.4. The molecule has 0 amide bonds. The van der Waals surface area contributed by atoms with Gasteiger partial charge in [-0.3, -0.25) is 0 Å². The molecule has 1 aliphatic carbocycles. The van der Waals surface area contributed by atoms with Crippen LogP contribution in [0.5, 0.6) is 17.2 Å². The molecule has 13 aromatic rings. The summed E-state index contributed by atoms with van der Waals surface area (Å²) in [6, 6.07) is 102. The van der Waals surface area contributed by atoms with Gasteiger partial charge in [-0.15, -0.1) is 0 Å². The third-order valence-corrected chi connectivity index (χ3v) is 23.3. The Morgan fingerprint density at radius 2 is 0.558 bits per heavy atom. The number of hydrogen-bond donors (Lipinski definition) is 0. The second kappa shape index (κ2) is 86.2. The highest BCUT2D eigenvalue weighted by molar-refractivity contribution is 6.31. The number of ether oxygens (including phenoxy) is 3. The summed E-state index contributed by atoms with van der Waals surface area (Å²) in [4.78, 5) is 0. The topological polar surface area (TPSA) is 27.7 Å². The minimum absolute atomic E-state index is 0. The Balaban J connectivity index is -0.000000172. The van der Waals surface area contributed by atoms with Gasteiger partial charge in [0.15, 0.2) is 11.6 Å². The van der Waals surface area contributed by atoms with E-state index in [0.717, 1.165) is 50.2 Å². The fourth-order valence-electron chi connectivity index (χ4n) is 13.7. The number of para-hydroxylation sites is 1. The van der Waals surface area contributed by atoms with Gasteiger partial charge in [0, 0.05) is 10.0 Å². The van der Waals surface area contributed by atoms with Crippen molar-refractivity contribution >= 4 is 29.3 Å². The molecule has 0 N–H and O–H groups in total. The van der Waals surface area contributed by atoms with Gasteiger partial charge in [-0.05, 0) is 267 Å². The molecule has 0 heterocycles. The highest BCUT2D eigenvalue weighted by Crippen LogP contribution is 2.30. The van der Waals surface area contributed by atoms with Crippen LogP contribution in [-0.2, 0) is 6.42 Å². The third kappa shape index (κ3) is 63.1. The van der Waals surface area contributed by atoms with Crippen LogP contribution in [0.3, 0.4) is 0 Å². The molecule has 8 heteroatoms. The predicted molar refractivity (Wildman–Crippen MR) is 667 cm³/mol. The molecule has 0 spiro atoms. The molecule has 3 nitrogen and oxygen atoms in total. The van der Waals surface area contributed by atoms with E-state index in [1.54, 1.807) is 39.3 Å². The van der Waals surface area contributed by atoms with Crippen molar-refractivity contribution < 1.29 is 27.4 Å². The van der Waals surface area contributed by atoms with Gasteiger partial charge in [0.05, 0.1) is 21.3 Å². The summed E-state index contributed by atoms with van der Waals surface area (Å²) in [7, 11) is 4.86. The maximum Gasteiger partial charge on any atom is 0.165 e. The molecule has 0 fully saturated rings. The Kier molecular flexibility index (Phi) is 91.8. The van der Waals surface area contributed by atoms with Crippen LogP contribution >= 0.6 is 23.2 Å². The van der Waals surface area contributed by atoms with Crippen molar-refractivity contribution in [3.8, 4) is 17.2 Å². The minimum Gasteiger partial charge on any atom is -0.497 e. The minimum atomic E-state index is -0.288. The smallest absolute Gasteiger partial charge is 0.165 e. The van der Waals surface area contributed by atoms with Crippen molar-refractivity contribution in [3.63, 3.8) is 0 Å². The molecule has 0 aromatic heterocycles. The van der Waals surface area contributed by atoms with Crippen molar-refractivity contribution in [1.29, 1.82) is 0 Å². The van der Waals surface area contributed by atoms with Crippen molar-refractivity contribution in [2.24, 2.45) is 0 Å². The average molecular weight is 2060 g/mol. The number of rotatable bonds is 16. The molecule has 0 saturated carbocycles. The lowest BCUT2D eigenvalue weighted by molar-refractivity contribution is 0.386. The van der Waals surface area contributed by atoms with Gasteiger partial charge < -0.3 is 14.2 Å². The molecule has 0 saturated heterocycles. The molecule has 0 radical (unpaired) electrons. The number of aryl methyl sites for hydroxylation is 5. The molecular formula is C139H213Cl2F3O3. The Bertz CT molecular complexity index is 5180. The maximum atomic E-state index is 13.3. The Hall–Kier alpha value is -10.6. The molecular weight excluding hydrogens is 1850 g/mol. The molecule has 0 unspecified atom stereocenters. The summed E-state index contributed by atoms with van der Waals surface area (Å²) in [5, 5.41) is 1.70. The predicted octanol–water partition coefficient (Wildman–Crippen LogP) is 47.4. The van der Waals surface area contributed by atoms with Crippen LogP contribution in [0.25, 0.3) is 6.08 Å². The van der Waals surface area contributed by atoms with Gasteiger partial charge in [0.2, 0.25) is 0 Å². The molecule has 147 heavy (non-hydrogen) atoms. The largest absolute Gasteiger partial charge is 0.497 e. The fraction of sp³-hybridized carbons (Fsp3) is 0.424. The standard InChI is InChI=1S/C12H14.C10H13FO.C10H13F.2C10H14O.4C10H14.2C9H11Cl.C9H11F.C9H12.11CH4/c1-9(2)11-7-6-10-4-3-5-12(10)8-11;1-7(2)8-4-5-10(12-3)9(11)6-8;1-7(2)9-6-4-5-8(3)10(9)11;1-8(2)9-4-6-10(11-3)7-5-9;1-8(2)9-6-4-5-7-10(9)11-3;2*1-8(2)10-6-4-9(3)5-7-10;1-8(2)10-6-4-5-9(3)7-10;1-8(2)10-7-5-4-6-9(10)3;1-7(2)8-4-3-5-9(10)6-8;2*1-7(2)8-5-3-4-6-9(8)10;1-8(2)9-6-4-3-5-7-9;;;;;;;;;;;/h3,5-9H,4H2,1-2H3;4-7H,1-3H3;4-7H,1-3H3;2*4-8H,1-3H3;4*4-8H,1-3H3;3*3-7H,1-2H3;3-8H,1-2H3;11*1H4. The lowest BCUT2D eigenvalue weighted by Crippen LogP contribution is -1.94. The first-order valence-corrected chi connectivity index (χ1v) is 49.7.